The number of hydrogen-bond acceptors (Lipinski definition) is 6. The van der Waals surface area contributed by atoms with Gasteiger partial charge >= 0.3 is 0 Å². The number of methoxy groups -OCH3 is 2. The van der Waals surface area contributed by atoms with Crippen molar-refractivity contribution in [3.63, 3.8) is 0 Å². The lowest BCUT2D eigenvalue weighted by Gasteiger charge is -2.23. The molecule has 3 N–H and O–H groups in total. The van der Waals surface area contributed by atoms with E-state index in [0.717, 1.165) is 77.7 Å². The molecule has 2 aromatic heterocycles. The lowest BCUT2D eigenvalue weighted by Crippen LogP contribution is -2.40. The summed E-state index contributed by atoms with van der Waals surface area (Å²) in [5.74, 6) is 2.06. The number of ether oxygens (including phenoxy) is 2. The van der Waals surface area contributed by atoms with Crippen LogP contribution in [0.2, 0.25) is 0 Å². The Kier molecular flexibility index (Phi) is 6.55. The molecule has 2 aliphatic carbocycles. The largest absolute Gasteiger partial charge is 0.494 e. The van der Waals surface area contributed by atoms with Crippen molar-refractivity contribution in [2.45, 2.75) is 88.2 Å². The van der Waals surface area contributed by atoms with Crippen molar-refractivity contribution in [2.75, 3.05) is 14.2 Å². The van der Waals surface area contributed by atoms with Gasteiger partial charge in [-0.3, -0.25) is 9.59 Å². The zero-order chi connectivity index (χ0) is 31.2. The van der Waals surface area contributed by atoms with Crippen LogP contribution in [0, 0.1) is 5.92 Å². The Labute approximate surface area is 262 Å². The normalized spacial score (nSPS) is 24.0. The molecule has 0 spiro atoms. The van der Waals surface area contributed by atoms with Crippen molar-refractivity contribution in [1.29, 1.82) is 0 Å². The number of rotatable bonds is 9. The molecule has 45 heavy (non-hydrogen) atoms. The van der Waals surface area contributed by atoms with Crippen LogP contribution in [-0.2, 0) is 23.1 Å². The molecule has 4 aliphatic rings. The van der Waals surface area contributed by atoms with Crippen molar-refractivity contribution in [3.05, 3.63) is 47.5 Å². The summed E-state index contributed by atoms with van der Waals surface area (Å²) in [6, 6.07) is 12.6. The van der Waals surface area contributed by atoms with E-state index < -0.39 is 5.60 Å². The number of amides is 2. The summed E-state index contributed by atoms with van der Waals surface area (Å²) >= 11 is 0. The number of imidazole rings is 1. The standard InChI is InChI=1S/C35H42N6O4/c1-19(37-34(43)35(45-4)11-12-35)21-7-8-22-15-29(40(28(22)14-21)18-20-5-6-20)32-38-26-13-23(16-30(44-3)31(26)39(32)2)33(42)41-24-9-10-27(41)25(36)17-24/h7-8,13-16,19-20,24-25,27H,5-6,9-12,17-18,36H2,1-4H3,(H,37,43)/t19-,24+,25-,27-/m1/s1. The van der Waals surface area contributed by atoms with Gasteiger partial charge in [-0.15, -0.1) is 0 Å². The van der Waals surface area contributed by atoms with E-state index in [9.17, 15) is 9.59 Å². The minimum absolute atomic E-state index is 0.0116. The van der Waals surface area contributed by atoms with Crippen molar-refractivity contribution in [3.8, 4) is 17.3 Å². The van der Waals surface area contributed by atoms with Gasteiger partial charge in [-0.25, -0.2) is 4.98 Å². The highest BCUT2D eigenvalue weighted by molar-refractivity contribution is 6.01. The van der Waals surface area contributed by atoms with Crippen LogP contribution in [0.4, 0.5) is 0 Å². The molecule has 4 atom stereocenters. The zero-order valence-electron chi connectivity index (χ0n) is 26.5. The average Bonchev–Trinajstić information content (AvgIpc) is 3.90. The molecule has 0 unspecified atom stereocenters. The highest BCUT2D eigenvalue weighted by Crippen LogP contribution is 2.42. The van der Waals surface area contributed by atoms with E-state index in [-0.39, 0.29) is 36.0 Å². The first-order valence-corrected chi connectivity index (χ1v) is 16.3. The van der Waals surface area contributed by atoms with Crippen LogP contribution in [0.5, 0.6) is 5.75 Å². The van der Waals surface area contributed by atoms with Gasteiger partial charge in [0.05, 0.1) is 24.4 Å². The van der Waals surface area contributed by atoms with Gasteiger partial charge < -0.3 is 34.6 Å². The Balaban J connectivity index is 1.18. The van der Waals surface area contributed by atoms with Crippen LogP contribution < -0.4 is 15.8 Å². The first kappa shape index (κ1) is 28.6. The molecule has 2 aliphatic heterocycles. The van der Waals surface area contributed by atoms with E-state index >= 15 is 0 Å². The predicted octanol–water partition coefficient (Wildman–Crippen LogP) is 4.67. The Morgan fingerprint density at radius 3 is 2.56 bits per heavy atom. The molecule has 4 heterocycles. The predicted molar refractivity (Wildman–Crippen MR) is 172 cm³/mol. The van der Waals surface area contributed by atoms with E-state index in [1.165, 1.54) is 12.8 Å². The maximum Gasteiger partial charge on any atom is 0.254 e. The fourth-order valence-corrected chi connectivity index (χ4v) is 7.85. The molecule has 10 heteroatoms. The second kappa shape index (κ2) is 10.3. The van der Waals surface area contributed by atoms with Gasteiger partial charge in [0.25, 0.3) is 11.8 Å². The van der Waals surface area contributed by atoms with E-state index in [4.69, 9.17) is 20.2 Å². The van der Waals surface area contributed by atoms with Crippen LogP contribution in [0.25, 0.3) is 33.5 Å². The molecule has 8 rings (SSSR count). The number of fused-ring (bicyclic) bond motifs is 4. The van der Waals surface area contributed by atoms with Crippen LogP contribution in [0.15, 0.2) is 36.4 Å². The van der Waals surface area contributed by atoms with E-state index in [2.05, 4.69) is 38.7 Å². The van der Waals surface area contributed by atoms with Crippen LogP contribution in [0.3, 0.4) is 0 Å². The molecule has 0 radical (unpaired) electrons. The van der Waals surface area contributed by atoms with Gasteiger partial charge in [-0.2, -0.15) is 0 Å². The van der Waals surface area contributed by atoms with Crippen LogP contribution >= 0.6 is 0 Å². The third kappa shape index (κ3) is 4.55. The maximum absolute atomic E-state index is 13.8. The zero-order valence-corrected chi connectivity index (χ0v) is 26.5. The molecular weight excluding hydrogens is 568 g/mol. The summed E-state index contributed by atoms with van der Waals surface area (Å²) in [6.45, 7) is 2.93. The average molecular weight is 611 g/mol. The molecule has 2 amide bonds. The van der Waals surface area contributed by atoms with Gasteiger partial charge in [0, 0.05) is 55.3 Å². The minimum atomic E-state index is -0.662. The Morgan fingerprint density at radius 1 is 1.11 bits per heavy atom. The quantitative estimate of drug-likeness (QED) is 0.285. The second-order valence-corrected chi connectivity index (χ2v) is 13.7. The minimum Gasteiger partial charge on any atom is -0.494 e. The van der Waals surface area contributed by atoms with Crippen molar-refractivity contribution >= 4 is 33.8 Å². The van der Waals surface area contributed by atoms with Gasteiger partial charge in [0.15, 0.2) is 5.82 Å². The number of nitrogens with zero attached hydrogens (tertiary/aromatic N) is 4. The van der Waals surface area contributed by atoms with E-state index in [0.29, 0.717) is 17.2 Å². The molecule has 4 fully saturated rings. The first-order valence-electron chi connectivity index (χ1n) is 16.3. The fourth-order valence-electron chi connectivity index (χ4n) is 7.85. The lowest BCUT2D eigenvalue weighted by molar-refractivity contribution is -0.134. The summed E-state index contributed by atoms with van der Waals surface area (Å²) in [4.78, 5) is 33.8. The first-order chi connectivity index (χ1) is 21.7. The fraction of sp³-hybridized carbons (Fsp3) is 0.514. The molecule has 4 aromatic rings. The highest BCUT2D eigenvalue weighted by atomic mass is 16.5. The summed E-state index contributed by atoms with van der Waals surface area (Å²) in [7, 11) is 5.27. The second-order valence-electron chi connectivity index (χ2n) is 13.7. The Bertz CT molecular complexity index is 1850. The number of hydrogen-bond donors (Lipinski definition) is 2. The van der Waals surface area contributed by atoms with Crippen molar-refractivity contribution in [2.24, 2.45) is 18.7 Å². The Morgan fingerprint density at radius 2 is 1.91 bits per heavy atom. The monoisotopic (exact) mass is 610 g/mol. The molecule has 10 nitrogen and oxygen atoms in total. The third-order valence-corrected chi connectivity index (χ3v) is 10.9. The van der Waals surface area contributed by atoms with Gasteiger partial charge in [-0.1, -0.05) is 12.1 Å². The van der Waals surface area contributed by atoms with E-state index in [1.807, 2.05) is 31.0 Å². The topological polar surface area (TPSA) is 117 Å². The van der Waals surface area contributed by atoms with Gasteiger partial charge in [0.2, 0.25) is 0 Å². The van der Waals surface area contributed by atoms with Crippen LogP contribution in [-0.4, -0.2) is 68.8 Å². The van der Waals surface area contributed by atoms with Gasteiger partial charge in [0.1, 0.15) is 16.9 Å². The summed E-state index contributed by atoms with van der Waals surface area (Å²) in [5, 5.41) is 4.29. The summed E-state index contributed by atoms with van der Waals surface area (Å²) in [5.41, 5.74) is 11.1. The lowest BCUT2D eigenvalue weighted by atomic mass is 9.97. The number of benzene rings is 2. The number of carbonyl (C=O) groups is 2. The van der Waals surface area contributed by atoms with Crippen LogP contribution in [0.1, 0.15) is 73.8 Å². The van der Waals surface area contributed by atoms with Crippen molar-refractivity contribution < 1.29 is 19.1 Å². The highest BCUT2D eigenvalue weighted by Gasteiger charge is 2.51. The number of aryl methyl sites for hydroxylation is 1. The van der Waals surface area contributed by atoms with Crippen molar-refractivity contribution in [1.82, 2.24) is 24.3 Å². The molecule has 2 aromatic carbocycles. The number of carbonyl (C=O) groups excluding carboxylic acids is 2. The smallest absolute Gasteiger partial charge is 0.254 e. The summed E-state index contributed by atoms with van der Waals surface area (Å²) < 4.78 is 15.8. The molecule has 236 valence electrons. The number of aromatic nitrogens is 3. The molecule has 2 saturated carbocycles. The van der Waals surface area contributed by atoms with E-state index in [1.54, 1.807) is 14.2 Å². The number of nitrogens with one attached hydrogen (secondary N) is 1. The Hall–Kier alpha value is -3.89. The summed E-state index contributed by atoms with van der Waals surface area (Å²) in [6.07, 6.45) is 6.82. The third-order valence-electron chi connectivity index (χ3n) is 10.9. The maximum atomic E-state index is 13.8. The van der Waals surface area contributed by atoms with Gasteiger partial charge in [-0.05, 0) is 87.6 Å². The number of nitrogens with two attached hydrogens (primary N) is 1. The molecule has 2 bridgehead atoms. The SMILES string of the molecule is COc1cc(C(=O)N2[C@H]3CC[C@@H]2[C@H](N)C3)cc2nc(-c3cc4ccc([C@@H](C)NC(=O)C5(OC)CC5)cc4n3CC3CC3)n(C)c12. The molecule has 2 saturated heterocycles. The molecular formula is C35H42N6O4.